The van der Waals surface area contributed by atoms with Crippen LogP contribution in [0, 0.1) is 6.92 Å². The van der Waals surface area contributed by atoms with E-state index in [2.05, 4.69) is 10.2 Å². The van der Waals surface area contributed by atoms with Gasteiger partial charge in [-0.3, -0.25) is 4.79 Å². The number of nitrogens with zero attached hydrogens (tertiary/aromatic N) is 4. The first-order valence-corrected chi connectivity index (χ1v) is 7.99. The van der Waals surface area contributed by atoms with Gasteiger partial charge in [-0.15, -0.1) is 10.2 Å². The van der Waals surface area contributed by atoms with Crippen LogP contribution in [0.25, 0.3) is 0 Å². The summed E-state index contributed by atoms with van der Waals surface area (Å²) in [6.45, 7) is 6.38. The highest BCUT2D eigenvalue weighted by molar-refractivity contribution is 5.76. The van der Waals surface area contributed by atoms with E-state index in [-0.39, 0.29) is 12.0 Å². The Morgan fingerprint density at radius 3 is 3.04 bits per heavy atom. The topological polar surface area (TPSA) is 73.4 Å². The molecule has 0 aliphatic carbocycles. The van der Waals surface area contributed by atoms with Gasteiger partial charge in [0.15, 0.2) is 5.82 Å². The zero-order chi connectivity index (χ0) is 16.2. The Morgan fingerprint density at radius 1 is 1.43 bits per heavy atom. The van der Waals surface area contributed by atoms with Crippen LogP contribution in [0.3, 0.4) is 0 Å². The fourth-order valence-corrected chi connectivity index (χ4v) is 2.80. The van der Waals surface area contributed by atoms with Crippen molar-refractivity contribution in [2.24, 2.45) is 0 Å². The normalized spacial score (nSPS) is 18.3. The minimum atomic E-state index is -0.207. The third-order valence-corrected chi connectivity index (χ3v) is 4.07. The van der Waals surface area contributed by atoms with Crippen molar-refractivity contribution in [1.82, 2.24) is 19.7 Å². The van der Waals surface area contributed by atoms with E-state index in [1.807, 2.05) is 35.4 Å². The molecule has 0 N–H and O–H groups in total. The molecule has 1 unspecified atom stereocenters. The maximum Gasteiger partial charge on any atom is 0.223 e. The molecular formula is C16H22N4O3. The second-order valence-corrected chi connectivity index (χ2v) is 5.69. The molecule has 124 valence electrons. The second kappa shape index (κ2) is 6.95. The van der Waals surface area contributed by atoms with Crippen LogP contribution in [0.1, 0.15) is 36.8 Å². The van der Waals surface area contributed by atoms with Crippen molar-refractivity contribution in [3.63, 3.8) is 0 Å². The highest BCUT2D eigenvalue weighted by Gasteiger charge is 2.28. The van der Waals surface area contributed by atoms with Gasteiger partial charge in [-0.05, 0) is 26.0 Å². The summed E-state index contributed by atoms with van der Waals surface area (Å²) in [5.41, 5.74) is 0. The molecule has 2 aromatic heterocycles. The number of furan rings is 1. The fourth-order valence-electron chi connectivity index (χ4n) is 2.80. The molecule has 0 radical (unpaired) electrons. The quantitative estimate of drug-likeness (QED) is 0.839. The number of morpholine rings is 1. The minimum absolute atomic E-state index is 0.120. The third kappa shape index (κ3) is 3.61. The number of rotatable bonds is 5. The summed E-state index contributed by atoms with van der Waals surface area (Å²) in [6, 6.07) is 3.84. The Balaban J connectivity index is 1.58. The zero-order valence-corrected chi connectivity index (χ0v) is 13.6. The van der Waals surface area contributed by atoms with Gasteiger partial charge >= 0.3 is 0 Å². The molecule has 0 aromatic carbocycles. The molecule has 1 aliphatic heterocycles. The highest BCUT2D eigenvalue weighted by atomic mass is 16.5. The van der Waals surface area contributed by atoms with Crippen LogP contribution in [0.4, 0.5) is 0 Å². The molecule has 23 heavy (non-hydrogen) atoms. The van der Waals surface area contributed by atoms with E-state index in [9.17, 15) is 4.79 Å². The molecule has 1 fully saturated rings. The highest BCUT2D eigenvalue weighted by Crippen LogP contribution is 2.21. The first-order valence-electron chi connectivity index (χ1n) is 7.99. The molecule has 0 spiro atoms. The monoisotopic (exact) mass is 318 g/mol. The molecule has 3 rings (SSSR count). The summed E-state index contributed by atoms with van der Waals surface area (Å²) in [7, 11) is 0. The number of aryl methyl sites for hydroxylation is 3. The van der Waals surface area contributed by atoms with Crippen molar-refractivity contribution in [2.45, 2.75) is 39.3 Å². The van der Waals surface area contributed by atoms with Gasteiger partial charge in [0, 0.05) is 25.9 Å². The van der Waals surface area contributed by atoms with Crippen LogP contribution >= 0.6 is 0 Å². The summed E-state index contributed by atoms with van der Waals surface area (Å²) < 4.78 is 13.2. The Labute approximate surface area is 135 Å². The average molecular weight is 318 g/mol. The van der Waals surface area contributed by atoms with Gasteiger partial charge in [0.25, 0.3) is 0 Å². The lowest BCUT2D eigenvalue weighted by Gasteiger charge is -2.32. The largest absolute Gasteiger partial charge is 0.466 e. The zero-order valence-electron chi connectivity index (χ0n) is 13.6. The van der Waals surface area contributed by atoms with Gasteiger partial charge in [0.05, 0.1) is 13.2 Å². The van der Waals surface area contributed by atoms with E-state index >= 15 is 0 Å². The second-order valence-electron chi connectivity index (χ2n) is 5.69. The smallest absolute Gasteiger partial charge is 0.223 e. The number of carbonyl (C=O) groups is 1. The number of hydrogen-bond acceptors (Lipinski definition) is 5. The SMILES string of the molecule is CCn1cnnc1C1CN(C(=O)CCc2ccc(C)o2)CCO1. The summed E-state index contributed by atoms with van der Waals surface area (Å²) in [5, 5.41) is 8.07. The third-order valence-electron chi connectivity index (χ3n) is 4.07. The molecule has 2 aromatic rings. The molecule has 1 amide bonds. The van der Waals surface area contributed by atoms with Crippen molar-refractivity contribution in [1.29, 1.82) is 0 Å². The maximum atomic E-state index is 12.4. The maximum absolute atomic E-state index is 12.4. The number of hydrogen-bond donors (Lipinski definition) is 0. The molecule has 7 nitrogen and oxygen atoms in total. The Morgan fingerprint density at radius 2 is 2.30 bits per heavy atom. The Kier molecular flexibility index (Phi) is 4.76. The molecular weight excluding hydrogens is 296 g/mol. The number of carbonyl (C=O) groups excluding carboxylic acids is 1. The average Bonchev–Trinajstić information content (AvgIpc) is 3.21. The number of amides is 1. The summed E-state index contributed by atoms with van der Waals surface area (Å²) in [5.74, 6) is 2.63. The fraction of sp³-hybridized carbons (Fsp3) is 0.562. The van der Waals surface area contributed by atoms with Crippen LogP contribution in [0.15, 0.2) is 22.9 Å². The number of aromatic nitrogens is 3. The van der Waals surface area contributed by atoms with Gasteiger partial charge in [-0.1, -0.05) is 0 Å². The molecule has 3 heterocycles. The molecule has 0 bridgehead atoms. The summed E-state index contributed by atoms with van der Waals surface area (Å²) in [6.07, 6.45) is 2.56. The Hall–Kier alpha value is -2.15. The van der Waals surface area contributed by atoms with Crippen LogP contribution < -0.4 is 0 Å². The predicted octanol–water partition coefficient (Wildman–Crippen LogP) is 1.73. The lowest BCUT2D eigenvalue weighted by Crippen LogP contribution is -2.43. The lowest BCUT2D eigenvalue weighted by atomic mass is 10.2. The van der Waals surface area contributed by atoms with Gasteiger partial charge in [-0.25, -0.2) is 0 Å². The van der Waals surface area contributed by atoms with Crippen molar-refractivity contribution in [2.75, 3.05) is 19.7 Å². The van der Waals surface area contributed by atoms with E-state index in [0.717, 1.165) is 23.9 Å². The molecule has 1 atom stereocenters. The van der Waals surface area contributed by atoms with Crippen LogP contribution in [-0.2, 0) is 22.5 Å². The van der Waals surface area contributed by atoms with Crippen molar-refractivity contribution in [3.8, 4) is 0 Å². The summed E-state index contributed by atoms with van der Waals surface area (Å²) >= 11 is 0. The van der Waals surface area contributed by atoms with E-state index in [4.69, 9.17) is 9.15 Å². The van der Waals surface area contributed by atoms with E-state index in [1.54, 1.807) is 6.33 Å². The van der Waals surface area contributed by atoms with Gasteiger partial charge < -0.3 is 18.6 Å². The predicted molar refractivity (Wildman–Crippen MR) is 82.7 cm³/mol. The molecule has 0 saturated carbocycles. The van der Waals surface area contributed by atoms with E-state index < -0.39 is 0 Å². The first-order chi connectivity index (χ1) is 11.2. The first kappa shape index (κ1) is 15.7. The van der Waals surface area contributed by atoms with Gasteiger partial charge in [0.1, 0.15) is 24.0 Å². The van der Waals surface area contributed by atoms with Crippen molar-refractivity contribution >= 4 is 5.91 Å². The van der Waals surface area contributed by atoms with E-state index in [1.165, 1.54) is 0 Å². The lowest BCUT2D eigenvalue weighted by molar-refractivity contribution is -0.139. The minimum Gasteiger partial charge on any atom is -0.466 e. The van der Waals surface area contributed by atoms with Gasteiger partial charge in [0.2, 0.25) is 5.91 Å². The van der Waals surface area contributed by atoms with Gasteiger partial charge in [-0.2, -0.15) is 0 Å². The molecule has 7 heteroatoms. The van der Waals surface area contributed by atoms with Crippen molar-refractivity contribution < 1.29 is 13.9 Å². The van der Waals surface area contributed by atoms with Crippen molar-refractivity contribution in [3.05, 3.63) is 35.8 Å². The Bertz CT molecular complexity index is 664. The van der Waals surface area contributed by atoms with Crippen LogP contribution in [-0.4, -0.2) is 45.3 Å². The number of ether oxygens (including phenoxy) is 1. The van der Waals surface area contributed by atoms with Crippen LogP contribution in [0.5, 0.6) is 0 Å². The summed E-state index contributed by atoms with van der Waals surface area (Å²) in [4.78, 5) is 14.3. The standard InChI is InChI=1S/C16H22N4O3/c1-3-19-11-17-18-16(19)14-10-20(8-9-22-14)15(21)7-6-13-5-4-12(2)23-13/h4-5,11,14H,3,6-10H2,1-2H3. The molecule has 1 aliphatic rings. The van der Waals surface area contributed by atoms with E-state index in [0.29, 0.717) is 32.5 Å². The van der Waals surface area contributed by atoms with Crippen LogP contribution in [0.2, 0.25) is 0 Å². The molecule has 1 saturated heterocycles.